The summed E-state index contributed by atoms with van der Waals surface area (Å²) < 4.78 is 38.0. The first-order valence-electron chi connectivity index (χ1n) is 13.9. The molecule has 0 spiro atoms. The maximum absolute atomic E-state index is 13.8. The van der Waals surface area contributed by atoms with Gasteiger partial charge < -0.3 is 25.7 Å². The number of phenolic OH excluding ortho intramolecular Hbond substituents is 1. The van der Waals surface area contributed by atoms with Crippen molar-refractivity contribution in [2.45, 2.75) is 62.8 Å². The van der Waals surface area contributed by atoms with Gasteiger partial charge in [-0.1, -0.05) is 48.5 Å². The smallest absolute Gasteiger partial charge is 0.416 e. The minimum atomic E-state index is -4.48. The van der Waals surface area contributed by atoms with E-state index in [2.05, 4.69) is 10.6 Å². The number of aliphatic hydroxyl groups is 1. The van der Waals surface area contributed by atoms with Crippen molar-refractivity contribution in [1.82, 2.24) is 15.5 Å². The quantitative estimate of drug-likeness (QED) is 0.279. The van der Waals surface area contributed by atoms with Crippen molar-refractivity contribution >= 4 is 29.5 Å². The summed E-state index contributed by atoms with van der Waals surface area (Å²) >= 11 is 1.34. The summed E-state index contributed by atoms with van der Waals surface area (Å²) in [5.74, 6) is -1.85. The van der Waals surface area contributed by atoms with E-state index >= 15 is 0 Å². The average molecular weight is 630 g/mol. The van der Waals surface area contributed by atoms with Gasteiger partial charge in [0, 0.05) is 22.4 Å². The molecule has 1 aliphatic heterocycles. The number of carbonyl (C=O) groups excluding carboxylic acids is 3. The summed E-state index contributed by atoms with van der Waals surface area (Å²) in [5, 5.41) is 26.9. The highest BCUT2D eigenvalue weighted by molar-refractivity contribution is 8.00. The Morgan fingerprint density at radius 1 is 1.00 bits per heavy atom. The lowest BCUT2D eigenvalue weighted by atomic mass is 9.96. The third-order valence-electron chi connectivity index (χ3n) is 7.62. The molecule has 4 rings (SSSR count). The molecule has 0 aromatic heterocycles. The molecule has 0 unspecified atom stereocenters. The Bertz CT molecular complexity index is 1500. The Balaban J connectivity index is 1.53. The summed E-state index contributed by atoms with van der Waals surface area (Å²) in [6, 6.07) is 15.8. The van der Waals surface area contributed by atoms with Crippen LogP contribution in [0.3, 0.4) is 0 Å². The van der Waals surface area contributed by atoms with Crippen LogP contribution in [0.1, 0.15) is 46.5 Å². The number of hydrogen-bond acceptors (Lipinski definition) is 6. The SMILES string of the molecule is Cc1c(O)cccc1C(=O)N[C@@H](Cc1ccccc1)[C@H](O)C(=O)N1CSC(C)(C)[C@H]1C(=O)NCc1ccc(C(F)(F)F)cc1. The third-order valence-corrected chi connectivity index (χ3v) is 9.00. The standard InChI is InChI=1S/C32H34F3N3O5S/c1-19-23(10-7-11-25(19)39)28(41)37-24(16-20-8-5-4-6-9-20)26(40)30(43)38-18-44-31(2,3)27(38)29(42)36-17-21-12-14-22(15-13-21)32(33,34)35/h4-15,24,26-27,39-40H,16-18H2,1-3H3,(H,36,42)(H,37,41)/t24-,26-,27+/m0/s1. The molecular weight excluding hydrogens is 595 g/mol. The highest BCUT2D eigenvalue weighted by atomic mass is 32.2. The number of aromatic hydroxyl groups is 1. The Morgan fingerprint density at radius 3 is 2.30 bits per heavy atom. The minimum absolute atomic E-state index is 0.0608. The maximum atomic E-state index is 13.8. The number of nitrogens with zero attached hydrogens (tertiary/aromatic N) is 1. The van der Waals surface area contributed by atoms with Gasteiger partial charge in [0.1, 0.15) is 11.8 Å². The van der Waals surface area contributed by atoms with Crippen LogP contribution in [0, 0.1) is 6.92 Å². The van der Waals surface area contributed by atoms with Crippen LogP contribution in [0.15, 0.2) is 72.8 Å². The van der Waals surface area contributed by atoms with Crippen molar-refractivity contribution in [2.24, 2.45) is 0 Å². The molecule has 1 fully saturated rings. The molecule has 1 saturated heterocycles. The van der Waals surface area contributed by atoms with Gasteiger partial charge in [0.05, 0.1) is 17.5 Å². The molecule has 3 aromatic carbocycles. The molecule has 4 N–H and O–H groups in total. The van der Waals surface area contributed by atoms with Crippen molar-refractivity contribution < 1.29 is 37.8 Å². The summed E-state index contributed by atoms with van der Waals surface area (Å²) in [5.41, 5.74) is 0.913. The van der Waals surface area contributed by atoms with E-state index in [0.717, 1.165) is 17.7 Å². The van der Waals surface area contributed by atoms with Gasteiger partial charge in [-0.3, -0.25) is 14.4 Å². The normalized spacial score (nSPS) is 17.5. The molecule has 44 heavy (non-hydrogen) atoms. The van der Waals surface area contributed by atoms with E-state index in [1.807, 2.05) is 6.07 Å². The summed E-state index contributed by atoms with van der Waals surface area (Å²) in [6.45, 7) is 5.09. The molecule has 3 atom stereocenters. The van der Waals surface area contributed by atoms with E-state index in [1.54, 1.807) is 45.0 Å². The van der Waals surface area contributed by atoms with Gasteiger partial charge in [0.15, 0.2) is 6.10 Å². The third kappa shape index (κ3) is 7.54. The van der Waals surface area contributed by atoms with Gasteiger partial charge in [-0.25, -0.2) is 0 Å². The number of thioether (sulfide) groups is 1. The molecule has 0 bridgehead atoms. The number of hydrogen-bond donors (Lipinski definition) is 4. The largest absolute Gasteiger partial charge is 0.508 e. The van der Waals surface area contributed by atoms with E-state index in [-0.39, 0.29) is 30.2 Å². The second kappa shape index (κ2) is 13.3. The number of nitrogens with one attached hydrogen (secondary N) is 2. The number of halogens is 3. The van der Waals surface area contributed by atoms with Crippen LogP contribution in [0.5, 0.6) is 5.75 Å². The number of carbonyl (C=O) groups is 3. The Labute approximate surface area is 257 Å². The molecule has 234 valence electrons. The number of amides is 3. The van der Waals surface area contributed by atoms with E-state index < -0.39 is 52.4 Å². The van der Waals surface area contributed by atoms with Gasteiger partial charge in [-0.15, -0.1) is 11.8 Å². The number of phenols is 1. The van der Waals surface area contributed by atoms with Crippen LogP contribution < -0.4 is 10.6 Å². The first-order chi connectivity index (χ1) is 20.7. The van der Waals surface area contributed by atoms with E-state index in [9.17, 15) is 37.8 Å². The lowest BCUT2D eigenvalue weighted by molar-refractivity contribution is -0.147. The maximum Gasteiger partial charge on any atom is 0.416 e. The van der Waals surface area contributed by atoms with Gasteiger partial charge >= 0.3 is 6.18 Å². The second-order valence-electron chi connectivity index (χ2n) is 11.2. The molecule has 12 heteroatoms. The molecular formula is C32H34F3N3O5S. The van der Waals surface area contributed by atoms with Crippen LogP contribution in [-0.4, -0.2) is 61.6 Å². The zero-order valence-electron chi connectivity index (χ0n) is 24.4. The molecule has 8 nitrogen and oxygen atoms in total. The topological polar surface area (TPSA) is 119 Å². The van der Waals surface area contributed by atoms with E-state index in [4.69, 9.17) is 0 Å². The molecule has 3 amide bonds. The van der Waals surface area contributed by atoms with Crippen molar-refractivity contribution in [3.8, 4) is 5.75 Å². The molecule has 0 saturated carbocycles. The summed E-state index contributed by atoms with van der Waals surface area (Å²) in [6.07, 6.45) is -6.10. The van der Waals surface area contributed by atoms with Crippen LogP contribution in [0.2, 0.25) is 0 Å². The monoisotopic (exact) mass is 629 g/mol. The van der Waals surface area contributed by atoms with Gasteiger partial charge in [-0.2, -0.15) is 13.2 Å². The average Bonchev–Trinajstić information content (AvgIpc) is 3.31. The van der Waals surface area contributed by atoms with Crippen molar-refractivity contribution in [3.05, 3.63) is 101 Å². The van der Waals surface area contributed by atoms with Crippen molar-refractivity contribution in [1.29, 1.82) is 0 Å². The van der Waals surface area contributed by atoms with Gasteiger partial charge in [0.25, 0.3) is 11.8 Å². The minimum Gasteiger partial charge on any atom is -0.508 e. The molecule has 1 aliphatic rings. The molecule has 0 radical (unpaired) electrons. The van der Waals surface area contributed by atoms with Gasteiger partial charge in [0.2, 0.25) is 5.91 Å². The highest BCUT2D eigenvalue weighted by Crippen LogP contribution is 2.40. The summed E-state index contributed by atoms with van der Waals surface area (Å²) in [7, 11) is 0. The first kappa shape index (κ1) is 32.9. The molecule has 0 aliphatic carbocycles. The fourth-order valence-corrected chi connectivity index (χ4v) is 6.22. The number of aliphatic hydroxyl groups excluding tert-OH is 1. The van der Waals surface area contributed by atoms with E-state index in [1.165, 1.54) is 47.0 Å². The summed E-state index contributed by atoms with van der Waals surface area (Å²) in [4.78, 5) is 41.7. The zero-order valence-corrected chi connectivity index (χ0v) is 25.2. The van der Waals surface area contributed by atoms with Crippen LogP contribution in [0.25, 0.3) is 0 Å². The highest BCUT2D eigenvalue weighted by Gasteiger charge is 2.49. The molecule has 3 aromatic rings. The fourth-order valence-electron chi connectivity index (χ4n) is 5.08. The fraction of sp³-hybridized carbons (Fsp3) is 0.344. The van der Waals surface area contributed by atoms with Crippen LogP contribution >= 0.6 is 11.8 Å². The van der Waals surface area contributed by atoms with Crippen LogP contribution in [-0.2, 0) is 28.7 Å². The number of benzene rings is 3. The predicted molar refractivity (Wildman–Crippen MR) is 161 cm³/mol. The number of alkyl halides is 3. The van der Waals surface area contributed by atoms with Crippen LogP contribution in [0.4, 0.5) is 13.2 Å². The number of rotatable bonds is 9. The zero-order chi connectivity index (χ0) is 32.2. The van der Waals surface area contributed by atoms with E-state index in [0.29, 0.717) is 11.1 Å². The lowest BCUT2D eigenvalue weighted by Gasteiger charge is -2.33. The second-order valence-corrected chi connectivity index (χ2v) is 12.8. The lowest BCUT2D eigenvalue weighted by Crippen LogP contribution is -2.58. The van der Waals surface area contributed by atoms with Crippen molar-refractivity contribution in [3.63, 3.8) is 0 Å². The van der Waals surface area contributed by atoms with Gasteiger partial charge in [-0.05, 0) is 62.6 Å². The molecule has 1 heterocycles. The Hall–Kier alpha value is -4.03. The first-order valence-corrected chi connectivity index (χ1v) is 14.9. The Kier molecular flexibility index (Phi) is 9.94. The van der Waals surface area contributed by atoms with Crippen molar-refractivity contribution in [2.75, 3.05) is 5.88 Å². The predicted octanol–water partition coefficient (Wildman–Crippen LogP) is 4.42. The Morgan fingerprint density at radius 2 is 1.66 bits per heavy atom.